The molecule has 0 saturated carbocycles. The van der Waals surface area contributed by atoms with E-state index in [4.69, 9.17) is 23.2 Å². The first kappa shape index (κ1) is 21.1. The Morgan fingerprint density at radius 1 is 1.20 bits per heavy atom. The van der Waals surface area contributed by atoms with Crippen LogP contribution in [-0.2, 0) is 16.4 Å². The van der Waals surface area contributed by atoms with Crippen molar-refractivity contribution in [2.75, 3.05) is 22.4 Å². The van der Waals surface area contributed by atoms with Gasteiger partial charge < -0.3 is 0 Å². The molecular formula is C20H17Cl2N3O3S2. The summed E-state index contributed by atoms with van der Waals surface area (Å²) in [6.07, 6.45) is 2.62. The molecule has 2 heterocycles. The highest BCUT2D eigenvalue weighted by atomic mass is 35.5. The van der Waals surface area contributed by atoms with Crippen LogP contribution in [0.3, 0.4) is 0 Å². The highest BCUT2D eigenvalue weighted by molar-refractivity contribution is 7.92. The first-order chi connectivity index (χ1) is 14.2. The lowest BCUT2D eigenvalue weighted by Crippen LogP contribution is -2.34. The van der Waals surface area contributed by atoms with Crippen molar-refractivity contribution < 1.29 is 13.2 Å². The predicted octanol–water partition coefficient (Wildman–Crippen LogP) is 5.08. The summed E-state index contributed by atoms with van der Waals surface area (Å²) in [5.41, 5.74) is 3.23. The lowest BCUT2D eigenvalue weighted by atomic mass is 10.0. The Morgan fingerprint density at radius 3 is 2.77 bits per heavy atom. The number of amides is 1. The van der Waals surface area contributed by atoms with Crippen LogP contribution in [0.25, 0.3) is 11.3 Å². The molecule has 1 N–H and O–H groups in total. The highest BCUT2D eigenvalue weighted by Gasteiger charge is 2.25. The largest absolute Gasteiger partial charge is 0.298 e. The van der Waals surface area contributed by atoms with Gasteiger partial charge in [0.25, 0.3) is 5.91 Å². The van der Waals surface area contributed by atoms with Gasteiger partial charge in [0.2, 0.25) is 10.0 Å². The number of anilines is 2. The van der Waals surface area contributed by atoms with E-state index in [0.29, 0.717) is 50.7 Å². The van der Waals surface area contributed by atoms with Gasteiger partial charge in [0.15, 0.2) is 5.13 Å². The topological polar surface area (TPSA) is 79.4 Å². The summed E-state index contributed by atoms with van der Waals surface area (Å²) >= 11 is 13.5. The fraction of sp³-hybridized carbons (Fsp3) is 0.200. The average Bonchev–Trinajstić information content (AvgIpc) is 3.16. The van der Waals surface area contributed by atoms with Gasteiger partial charge in [0, 0.05) is 28.1 Å². The molecule has 10 heteroatoms. The standard InChI is InChI=1S/C20H17Cl2N3O3S2/c1-30(27,28)25-8-2-3-12-9-13(4-7-18(12)25)19(26)24-20-23-17(11-29-20)15-10-14(21)5-6-16(15)22/h4-7,9-11H,2-3,8H2,1H3,(H,23,24,26). The minimum atomic E-state index is -3.35. The molecular weight excluding hydrogens is 465 g/mol. The van der Waals surface area contributed by atoms with Crippen LogP contribution < -0.4 is 9.62 Å². The van der Waals surface area contributed by atoms with E-state index in [9.17, 15) is 13.2 Å². The number of fused-ring (bicyclic) bond motifs is 1. The minimum Gasteiger partial charge on any atom is -0.298 e. The zero-order valence-corrected chi connectivity index (χ0v) is 19.0. The Kier molecular flexibility index (Phi) is 5.76. The van der Waals surface area contributed by atoms with Crippen molar-refractivity contribution in [1.82, 2.24) is 4.98 Å². The summed E-state index contributed by atoms with van der Waals surface area (Å²) in [5.74, 6) is -0.313. The van der Waals surface area contributed by atoms with Crippen molar-refractivity contribution in [3.8, 4) is 11.3 Å². The van der Waals surface area contributed by atoms with Crippen LogP contribution in [0, 0.1) is 0 Å². The predicted molar refractivity (Wildman–Crippen MR) is 122 cm³/mol. The first-order valence-electron chi connectivity index (χ1n) is 9.05. The van der Waals surface area contributed by atoms with Crippen LogP contribution >= 0.6 is 34.5 Å². The van der Waals surface area contributed by atoms with Gasteiger partial charge in [0.05, 0.1) is 22.7 Å². The van der Waals surface area contributed by atoms with Gasteiger partial charge in [-0.05, 0) is 54.8 Å². The molecule has 156 valence electrons. The molecule has 1 aromatic heterocycles. The van der Waals surface area contributed by atoms with Crippen LogP contribution in [0.15, 0.2) is 41.8 Å². The van der Waals surface area contributed by atoms with Crippen LogP contribution in [0.4, 0.5) is 10.8 Å². The van der Waals surface area contributed by atoms with E-state index in [-0.39, 0.29) is 5.91 Å². The van der Waals surface area contributed by atoms with Gasteiger partial charge in [-0.1, -0.05) is 23.2 Å². The number of carbonyl (C=O) groups excluding carboxylic acids is 1. The summed E-state index contributed by atoms with van der Waals surface area (Å²) in [5, 5.41) is 6.09. The Hall–Kier alpha value is -2.13. The van der Waals surface area contributed by atoms with Gasteiger partial charge in [-0.2, -0.15) is 0 Å². The van der Waals surface area contributed by atoms with E-state index in [0.717, 1.165) is 12.0 Å². The molecule has 0 spiro atoms. The van der Waals surface area contributed by atoms with Crippen molar-refractivity contribution in [1.29, 1.82) is 0 Å². The van der Waals surface area contributed by atoms with Gasteiger partial charge in [-0.25, -0.2) is 13.4 Å². The molecule has 0 bridgehead atoms. The molecule has 1 aliphatic heterocycles. The molecule has 0 saturated heterocycles. The summed E-state index contributed by atoms with van der Waals surface area (Å²) in [7, 11) is -3.35. The molecule has 0 radical (unpaired) electrons. The van der Waals surface area contributed by atoms with Gasteiger partial charge in [-0.15, -0.1) is 11.3 Å². The van der Waals surface area contributed by atoms with E-state index in [1.54, 1.807) is 41.8 Å². The lowest BCUT2D eigenvalue weighted by Gasteiger charge is -2.29. The van der Waals surface area contributed by atoms with Crippen molar-refractivity contribution in [3.05, 3.63) is 63.0 Å². The number of aromatic nitrogens is 1. The maximum Gasteiger partial charge on any atom is 0.257 e. The van der Waals surface area contributed by atoms with Crippen molar-refractivity contribution >= 4 is 61.3 Å². The molecule has 0 atom stereocenters. The summed E-state index contributed by atoms with van der Waals surface area (Å²) in [6, 6.07) is 10.2. The second-order valence-electron chi connectivity index (χ2n) is 6.90. The molecule has 30 heavy (non-hydrogen) atoms. The van der Waals surface area contributed by atoms with Crippen LogP contribution in [0.5, 0.6) is 0 Å². The third kappa shape index (κ3) is 4.32. The van der Waals surface area contributed by atoms with Crippen molar-refractivity contribution in [3.63, 3.8) is 0 Å². The summed E-state index contributed by atoms with van der Waals surface area (Å²) in [4.78, 5) is 17.2. The molecule has 3 aromatic rings. The van der Waals surface area contributed by atoms with E-state index in [1.165, 1.54) is 21.9 Å². The average molecular weight is 482 g/mol. The zero-order valence-electron chi connectivity index (χ0n) is 15.9. The number of sulfonamides is 1. The molecule has 1 amide bonds. The highest BCUT2D eigenvalue weighted by Crippen LogP contribution is 2.33. The molecule has 2 aromatic carbocycles. The number of thiazole rings is 1. The minimum absolute atomic E-state index is 0.313. The maximum atomic E-state index is 12.7. The molecule has 0 aliphatic carbocycles. The smallest absolute Gasteiger partial charge is 0.257 e. The number of nitrogens with one attached hydrogen (secondary N) is 1. The molecule has 0 unspecified atom stereocenters. The molecule has 1 aliphatic rings. The van der Waals surface area contributed by atoms with Gasteiger partial charge in [0.1, 0.15) is 0 Å². The monoisotopic (exact) mass is 481 g/mol. The van der Waals surface area contributed by atoms with Crippen LogP contribution in [0.1, 0.15) is 22.3 Å². The van der Waals surface area contributed by atoms with Gasteiger partial charge >= 0.3 is 0 Å². The molecule has 4 rings (SSSR count). The second kappa shape index (κ2) is 8.19. The van der Waals surface area contributed by atoms with E-state index >= 15 is 0 Å². The van der Waals surface area contributed by atoms with E-state index in [2.05, 4.69) is 10.3 Å². The fourth-order valence-electron chi connectivity index (χ4n) is 3.37. The van der Waals surface area contributed by atoms with E-state index < -0.39 is 10.0 Å². The van der Waals surface area contributed by atoms with Crippen molar-refractivity contribution in [2.45, 2.75) is 12.8 Å². The fourth-order valence-corrected chi connectivity index (χ4v) is 5.45. The number of nitrogens with zero attached hydrogens (tertiary/aromatic N) is 2. The number of hydrogen-bond acceptors (Lipinski definition) is 5. The van der Waals surface area contributed by atoms with Crippen molar-refractivity contribution in [2.24, 2.45) is 0 Å². The van der Waals surface area contributed by atoms with Crippen LogP contribution in [0.2, 0.25) is 10.0 Å². The number of rotatable bonds is 4. The quantitative estimate of drug-likeness (QED) is 0.563. The first-order valence-corrected chi connectivity index (χ1v) is 12.5. The third-order valence-electron chi connectivity index (χ3n) is 4.75. The lowest BCUT2D eigenvalue weighted by molar-refractivity contribution is 0.102. The van der Waals surface area contributed by atoms with E-state index in [1.807, 2.05) is 0 Å². The number of hydrogen-bond donors (Lipinski definition) is 1. The maximum absolute atomic E-state index is 12.7. The molecule has 0 fully saturated rings. The Bertz CT molecular complexity index is 1240. The number of halogens is 2. The normalized spacial score (nSPS) is 13.8. The van der Waals surface area contributed by atoms with Crippen LogP contribution in [-0.4, -0.2) is 32.1 Å². The third-order valence-corrected chi connectivity index (χ3v) is 7.25. The second-order valence-corrected chi connectivity index (χ2v) is 10.5. The number of aryl methyl sites for hydroxylation is 1. The SMILES string of the molecule is CS(=O)(=O)N1CCCc2cc(C(=O)Nc3nc(-c4cc(Cl)ccc4Cl)cs3)ccc21. The Labute approximate surface area is 188 Å². The Balaban J connectivity index is 1.55. The zero-order chi connectivity index (χ0) is 21.5. The van der Waals surface area contributed by atoms with Gasteiger partial charge in [-0.3, -0.25) is 14.4 Å². The summed E-state index contributed by atoms with van der Waals surface area (Å²) in [6.45, 7) is 0.450. The Morgan fingerprint density at radius 2 is 2.00 bits per heavy atom. The number of benzene rings is 2. The number of carbonyl (C=O) groups is 1. The molecule has 6 nitrogen and oxygen atoms in total. The summed E-state index contributed by atoms with van der Waals surface area (Å²) < 4.78 is 25.4.